The summed E-state index contributed by atoms with van der Waals surface area (Å²) in [5.41, 5.74) is 1.93. The first-order valence-corrected chi connectivity index (χ1v) is 12.6. The minimum absolute atomic E-state index is 0.0909. The van der Waals surface area contributed by atoms with Gasteiger partial charge in [0.05, 0.1) is 14.9 Å². The van der Waals surface area contributed by atoms with E-state index in [4.69, 9.17) is 0 Å². The number of rotatable bonds is 6. The Morgan fingerprint density at radius 3 is 1.26 bits per heavy atom. The topological polar surface area (TPSA) is 68.3 Å². The van der Waals surface area contributed by atoms with E-state index in [0.717, 1.165) is 11.1 Å². The SMILES string of the molecule is Cc1ccc(S(=O)(=O)SCSS(=O)(=O)c2ccc(C)cc2)cc1. The Hall–Kier alpha value is -0.960. The predicted octanol–water partition coefficient (Wildman–Crippen LogP) is 3.80. The molecule has 0 aromatic heterocycles. The first-order valence-electron chi connectivity index (χ1n) is 6.63. The molecule has 0 amide bonds. The third-order valence-electron chi connectivity index (χ3n) is 3.03. The van der Waals surface area contributed by atoms with Crippen molar-refractivity contribution in [1.82, 2.24) is 0 Å². The molecule has 0 fully saturated rings. The van der Waals surface area contributed by atoms with Gasteiger partial charge in [0.2, 0.25) is 17.7 Å². The molecule has 0 atom stereocenters. The average molecular weight is 389 g/mol. The fraction of sp³-hybridized carbons (Fsp3) is 0.200. The molecule has 23 heavy (non-hydrogen) atoms. The minimum atomic E-state index is -3.56. The molecule has 2 rings (SSSR count). The van der Waals surface area contributed by atoms with Crippen LogP contribution in [0.4, 0.5) is 0 Å². The smallest absolute Gasteiger partial charge is 0.212 e. The highest BCUT2D eigenvalue weighted by Crippen LogP contribution is 2.32. The molecule has 0 heterocycles. The molecule has 2 aromatic carbocycles. The second-order valence-electron chi connectivity index (χ2n) is 4.89. The fourth-order valence-corrected chi connectivity index (χ4v) is 9.25. The zero-order valence-electron chi connectivity index (χ0n) is 12.6. The highest BCUT2D eigenvalue weighted by atomic mass is 33.2. The monoisotopic (exact) mass is 388 g/mol. The van der Waals surface area contributed by atoms with Gasteiger partial charge in [-0.2, -0.15) is 0 Å². The maximum Gasteiger partial charge on any atom is 0.230 e. The molecule has 0 spiro atoms. The summed E-state index contributed by atoms with van der Waals surface area (Å²) in [6.07, 6.45) is 0. The maximum atomic E-state index is 12.2. The second kappa shape index (κ2) is 7.29. The molecule has 4 nitrogen and oxygen atoms in total. The molecular formula is C15H16O4S4. The highest BCUT2D eigenvalue weighted by molar-refractivity contribution is 8.80. The Morgan fingerprint density at radius 2 is 0.957 bits per heavy atom. The molecule has 0 aliphatic carbocycles. The summed E-state index contributed by atoms with van der Waals surface area (Å²) in [5.74, 6) is 0. The standard InChI is InChI=1S/C15H16O4S4/c1-12-3-7-14(8-4-12)22(16,17)20-11-21-23(18,19)15-9-5-13(2)6-10-15/h3-10H,11H2,1-2H3. The summed E-state index contributed by atoms with van der Waals surface area (Å²) in [6.45, 7) is 3.74. The molecular weight excluding hydrogens is 372 g/mol. The van der Waals surface area contributed by atoms with E-state index >= 15 is 0 Å². The third kappa shape index (κ3) is 5.00. The third-order valence-corrected chi connectivity index (χ3v) is 10.9. The van der Waals surface area contributed by atoms with Crippen LogP contribution in [0.25, 0.3) is 0 Å². The summed E-state index contributed by atoms with van der Waals surface area (Å²) in [7, 11) is -5.88. The molecule has 0 bridgehead atoms. The van der Waals surface area contributed by atoms with Gasteiger partial charge in [0.15, 0.2) is 0 Å². The van der Waals surface area contributed by atoms with E-state index in [9.17, 15) is 16.8 Å². The van der Waals surface area contributed by atoms with Gasteiger partial charge in [-0.15, -0.1) is 0 Å². The van der Waals surface area contributed by atoms with Crippen LogP contribution in [0.2, 0.25) is 0 Å². The molecule has 0 aliphatic rings. The lowest BCUT2D eigenvalue weighted by Gasteiger charge is -2.06. The Bertz CT molecular complexity index is 793. The summed E-state index contributed by atoms with van der Waals surface area (Å²) < 4.78 is 48.7. The first-order chi connectivity index (χ1) is 10.7. The molecule has 0 aliphatic heterocycles. The van der Waals surface area contributed by atoms with Crippen LogP contribution in [0.5, 0.6) is 0 Å². The largest absolute Gasteiger partial charge is 0.230 e. The zero-order valence-corrected chi connectivity index (χ0v) is 15.9. The Labute approximate surface area is 144 Å². The van der Waals surface area contributed by atoms with Crippen LogP contribution in [-0.4, -0.2) is 21.9 Å². The van der Waals surface area contributed by atoms with Crippen LogP contribution in [0, 0.1) is 13.8 Å². The molecule has 0 N–H and O–H groups in total. The van der Waals surface area contributed by atoms with Crippen molar-refractivity contribution in [1.29, 1.82) is 0 Å². The predicted molar refractivity (Wildman–Crippen MR) is 96.8 cm³/mol. The number of benzene rings is 2. The van der Waals surface area contributed by atoms with Crippen LogP contribution in [0.1, 0.15) is 11.1 Å². The summed E-state index contributed by atoms with van der Waals surface area (Å²) in [6, 6.07) is 12.9. The first kappa shape index (κ1) is 18.4. The highest BCUT2D eigenvalue weighted by Gasteiger charge is 2.20. The molecule has 8 heteroatoms. The number of aryl methyl sites for hydroxylation is 2. The normalized spacial score (nSPS) is 12.3. The van der Waals surface area contributed by atoms with Crippen molar-refractivity contribution in [3.8, 4) is 0 Å². The lowest BCUT2D eigenvalue weighted by molar-refractivity contribution is 0.609. The molecule has 0 saturated heterocycles. The van der Waals surface area contributed by atoms with E-state index in [1.807, 2.05) is 13.8 Å². The molecule has 0 saturated carbocycles. The van der Waals surface area contributed by atoms with E-state index in [-0.39, 0.29) is 14.9 Å². The van der Waals surface area contributed by atoms with Crippen molar-refractivity contribution < 1.29 is 16.8 Å². The van der Waals surface area contributed by atoms with Gasteiger partial charge in [-0.25, -0.2) is 16.8 Å². The molecule has 0 radical (unpaired) electrons. The van der Waals surface area contributed by atoms with Crippen LogP contribution in [0.15, 0.2) is 58.3 Å². The van der Waals surface area contributed by atoms with Gasteiger partial charge in [-0.3, -0.25) is 0 Å². The minimum Gasteiger partial charge on any atom is -0.212 e. The van der Waals surface area contributed by atoms with E-state index in [1.165, 1.54) is 24.3 Å². The number of hydrogen-bond donors (Lipinski definition) is 0. The lowest BCUT2D eigenvalue weighted by Crippen LogP contribution is -1.99. The fourth-order valence-electron chi connectivity index (χ4n) is 1.69. The Balaban J connectivity index is 2.03. The maximum absolute atomic E-state index is 12.2. The summed E-state index contributed by atoms with van der Waals surface area (Å²) in [5, 5.41) is -0.0909. The van der Waals surface area contributed by atoms with Crippen molar-refractivity contribution in [3.63, 3.8) is 0 Å². The van der Waals surface area contributed by atoms with Gasteiger partial charge < -0.3 is 0 Å². The Kier molecular flexibility index (Phi) is 5.83. The van der Waals surface area contributed by atoms with E-state index in [2.05, 4.69) is 0 Å². The van der Waals surface area contributed by atoms with Crippen molar-refractivity contribution >= 4 is 39.3 Å². The van der Waals surface area contributed by atoms with Gasteiger partial charge >= 0.3 is 0 Å². The summed E-state index contributed by atoms with van der Waals surface area (Å²) >= 11 is 0. The summed E-state index contributed by atoms with van der Waals surface area (Å²) in [4.78, 5) is 0.364. The van der Waals surface area contributed by atoms with E-state index in [1.54, 1.807) is 24.3 Å². The van der Waals surface area contributed by atoms with Crippen LogP contribution >= 0.6 is 21.6 Å². The molecule has 124 valence electrons. The van der Waals surface area contributed by atoms with Crippen molar-refractivity contribution in [2.75, 3.05) is 5.08 Å². The van der Waals surface area contributed by atoms with E-state index in [0.29, 0.717) is 21.6 Å². The van der Waals surface area contributed by atoms with Crippen LogP contribution in [-0.2, 0) is 17.7 Å². The van der Waals surface area contributed by atoms with Gasteiger partial charge in [0.25, 0.3) is 0 Å². The van der Waals surface area contributed by atoms with Crippen molar-refractivity contribution in [3.05, 3.63) is 59.7 Å². The van der Waals surface area contributed by atoms with Gasteiger partial charge in [-0.1, -0.05) is 35.4 Å². The van der Waals surface area contributed by atoms with E-state index < -0.39 is 17.7 Å². The van der Waals surface area contributed by atoms with Gasteiger partial charge in [0.1, 0.15) is 0 Å². The average Bonchev–Trinajstić information content (AvgIpc) is 2.47. The van der Waals surface area contributed by atoms with Crippen LogP contribution < -0.4 is 0 Å². The zero-order chi connectivity index (χ0) is 17.1. The molecule has 0 unspecified atom stereocenters. The van der Waals surface area contributed by atoms with Crippen molar-refractivity contribution in [2.45, 2.75) is 23.6 Å². The quantitative estimate of drug-likeness (QED) is 0.554. The second-order valence-corrected chi connectivity index (χ2v) is 13.1. The van der Waals surface area contributed by atoms with Gasteiger partial charge in [0, 0.05) is 0 Å². The number of hydrogen-bond acceptors (Lipinski definition) is 6. The van der Waals surface area contributed by atoms with Crippen LogP contribution in [0.3, 0.4) is 0 Å². The van der Waals surface area contributed by atoms with Gasteiger partial charge in [-0.05, 0) is 59.7 Å². The Morgan fingerprint density at radius 1 is 0.652 bits per heavy atom. The lowest BCUT2D eigenvalue weighted by atomic mass is 10.2. The van der Waals surface area contributed by atoms with Crippen molar-refractivity contribution in [2.24, 2.45) is 0 Å². The molecule has 2 aromatic rings.